The Labute approximate surface area is 164 Å². The largest absolute Gasteiger partial charge is 0.497 e. The van der Waals surface area contributed by atoms with E-state index in [1.165, 1.54) is 5.39 Å². The molecule has 0 radical (unpaired) electrons. The van der Waals surface area contributed by atoms with Crippen molar-refractivity contribution in [1.82, 2.24) is 4.57 Å². The molecule has 0 saturated carbocycles. The second-order valence-electron chi connectivity index (χ2n) is 6.89. The number of para-hydroxylation sites is 1. The van der Waals surface area contributed by atoms with Crippen molar-refractivity contribution >= 4 is 10.9 Å². The maximum Gasteiger partial charge on any atom is 0.157 e. The fourth-order valence-corrected chi connectivity index (χ4v) is 3.54. The standard InChI is InChI=1S/C23H24N2O3/c1-27-20-10-8-17(9-11-20)23-13-18-5-2-3-7-22(18)25(23)16-19(26)14-24-15-21-6-4-12-28-21/h2-13,19,24,26H,14-16H2,1H3/p+1/t19-/m1/s1. The Morgan fingerprint density at radius 1 is 1.07 bits per heavy atom. The quantitative estimate of drug-likeness (QED) is 0.496. The number of nitrogens with two attached hydrogens (primary N) is 1. The Kier molecular flexibility index (Phi) is 5.46. The number of ether oxygens (including phenoxy) is 1. The van der Waals surface area contributed by atoms with Gasteiger partial charge in [0, 0.05) is 16.6 Å². The molecular formula is C23H25N2O3+. The van der Waals surface area contributed by atoms with Crippen LogP contribution >= 0.6 is 0 Å². The third-order valence-electron chi connectivity index (χ3n) is 4.95. The maximum absolute atomic E-state index is 10.7. The number of furan rings is 1. The smallest absolute Gasteiger partial charge is 0.157 e. The van der Waals surface area contributed by atoms with Crippen molar-refractivity contribution in [3.05, 3.63) is 78.8 Å². The van der Waals surface area contributed by atoms with Crippen LogP contribution in [0.25, 0.3) is 22.2 Å². The number of rotatable bonds is 8. The molecule has 0 aliphatic rings. The van der Waals surface area contributed by atoms with E-state index in [9.17, 15) is 5.11 Å². The number of fused-ring (bicyclic) bond motifs is 1. The summed E-state index contributed by atoms with van der Waals surface area (Å²) >= 11 is 0. The molecule has 1 atom stereocenters. The van der Waals surface area contributed by atoms with Gasteiger partial charge in [0.2, 0.25) is 0 Å². The number of hydrogen-bond acceptors (Lipinski definition) is 3. The fourth-order valence-electron chi connectivity index (χ4n) is 3.54. The number of hydrogen-bond donors (Lipinski definition) is 2. The van der Waals surface area contributed by atoms with Gasteiger partial charge in [-0.05, 0) is 54.1 Å². The molecule has 0 bridgehead atoms. The first kappa shape index (κ1) is 18.3. The van der Waals surface area contributed by atoms with E-state index < -0.39 is 6.10 Å². The van der Waals surface area contributed by atoms with Gasteiger partial charge in [-0.1, -0.05) is 18.2 Å². The molecule has 4 aromatic rings. The lowest BCUT2D eigenvalue weighted by atomic mass is 10.1. The molecule has 0 spiro atoms. The molecule has 3 N–H and O–H groups in total. The van der Waals surface area contributed by atoms with Crippen LogP contribution in [-0.2, 0) is 13.1 Å². The highest BCUT2D eigenvalue weighted by Crippen LogP contribution is 2.29. The molecule has 5 heteroatoms. The van der Waals surface area contributed by atoms with Crippen molar-refractivity contribution < 1.29 is 19.6 Å². The third kappa shape index (κ3) is 3.96. The molecule has 0 amide bonds. The molecule has 0 fully saturated rings. The van der Waals surface area contributed by atoms with Gasteiger partial charge in [-0.25, -0.2) is 0 Å². The van der Waals surface area contributed by atoms with Crippen molar-refractivity contribution in [1.29, 1.82) is 0 Å². The van der Waals surface area contributed by atoms with Crippen molar-refractivity contribution in [3.8, 4) is 17.0 Å². The highest BCUT2D eigenvalue weighted by atomic mass is 16.5. The van der Waals surface area contributed by atoms with Crippen LogP contribution in [0, 0.1) is 0 Å². The van der Waals surface area contributed by atoms with Gasteiger partial charge in [-0.15, -0.1) is 0 Å². The summed E-state index contributed by atoms with van der Waals surface area (Å²) in [4.78, 5) is 0. The summed E-state index contributed by atoms with van der Waals surface area (Å²) in [5.74, 6) is 1.75. The average molecular weight is 377 g/mol. The minimum Gasteiger partial charge on any atom is -0.497 e. The fraction of sp³-hybridized carbons (Fsp3) is 0.217. The average Bonchev–Trinajstić information content (AvgIpc) is 3.36. The van der Waals surface area contributed by atoms with E-state index >= 15 is 0 Å². The van der Waals surface area contributed by atoms with E-state index in [2.05, 4.69) is 40.2 Å². The molecule has 2 aromatic heterocycles. The number of methoxy groups -OCH3 is 1. The summed E-state index contributed by atoms with van der Waals surface area (Å²) in [5, 5.41) is 13.9. The number of nitrogens with zero attached hydrogens (tertiary/aromatic N) is 1. The van der Waals surface area contributed by atoms with Crippen molar-refractivity contribution in [3.63, 3.8) is 0 Å². The molecule has 0 saturated heterocycles. The molecule has 2 heterocycles. The van der Waals surface area contributed by atoms with Crippen LogP contribution in [-0.4, -0.2) is 29.4 Å². The van der Waals surface area contributed by atoms with Crippen LogP contribution in [0.4, 0.5) is 0 Å². The summed E-state index contributed by atoms with van der Waals surface area (Å²) in [5.41, 5.74) is 3.32. The van der Waals surface area contributed by atoms with Crippen LogP contribution in [0.2, 0.25) is 0 Å². The van der Waals surface area contributed by atoms with Gasteiger partial charge in [0.1, 0.15) is 24.9 Å². The van der Waals surface area contributed by atoms with Gasteiger partial charge in [0.25, 0.3) is 0 Å². The number of aromatic nitrogens is 1. The summed E-state index contributed by atoms with van der Waals surface area (Å²) in [6.07, 6.45) is 1.20. The monoisotopic (exact) mass is 377 g/mol. The van der Waals surface area contributed by atoms with Crippen molar-refractivity contribution in [2.45, 2.75) is 19.2 Å². The second-order valence-corrected chi connectivity index (χ2v) is 6.89. The van der Waals surface area contributed by atoms with E-state index in [1.807, 2.05) is 36.4 Å². The van der Waals surface area contributed by atoms with Crippen LogP contribution < -0.4 is 10.1 Å². The van der Waals surface area contributed by atoms with Crippen LogP contribution in [0.3, 0.4) is 0 Å². The number of aliphatic hydroxyl groups is 1. The van der Waals surface area contributed by atoms with Gasteiger partial charge >= 0.3 is 0 Å². The van der Waals surface area contributed by atoms with E-state index in [0.29, 0.717) is 13.1 Å². The zero-order chi connectivity index (χ0) is 19.3. The van der Waals surface area contributed by atoms with Crippen LogP contribution in [0.1, 0.15) is 5.76 Å². The molecule has 5 nitrogen and oxygen atoms in total. The highest BCUT2D eigenvalue weighted by molar-refractivity contribution is 5.87. The Morgan fingerprint density at radius 3 is 2.64 bits per heavy atom. The molecule has 144 valence electrons. The van der Waals surface area contributed by atoms with Gasteiger partial charge in [-0.3, -0.25) is 0 Å². The molecule has 4 rings (SSSR count). The lowest BCUT2D eigenvalue weighted by Gasteiger charge is -2.15. The lowest BCUT2D eigenvalue weighted by molar-refractivity contribution is -0.678. The molecule has 0 aliphatic carbocycles. The molecular weight excluding hydrogens is 352 g/mol. The summed E-state index contributed by atoms with van der Waals surface area (Å²) in [7, 11) is 1.67. The van der Waals surface area contributed by atoms with E-state index in [0.717, 1.165) is 34.8 Å². The Hall–Kier alpha value is -3.02. The molecule has 0 aliphatic heterocycles. The van der Waals surface area contributed by atoms with Gasteiger partial charge in [-0.2, -0.15) is 0 Å². The second kappa shape index (κ2) is 8.33. The normalized spacial score (nSPS) is 12.4. The molecule has 0 unspecified atom stereocenters. The minimum atomic E-state index is -0.470. The highest BCUT2D eigenvalue weighted by Gasteiger charge is 2.15. The van der Waals surface area contributed by atoms with Crippen molar-refractivity contribution in [2.75, 3.05) is 13.7 Å². The molecule has 28 heavy (non-hydrogen) atoms. The van der Waals surface area contributed by atoms with E-state index in [-0.39, 0.29) is 0 Å². The van der Waals surface area contributed by atoms with Crippen LogP contribution in [0.5, 0.6) is 5.75 Å². The Morgan fingerprint density at radius 2 is 1.89 bits per heavy atom. The first-order chi connectivity index (χ1) is 13.7. The van der Waals surface area contributed by atoms with Gasteiger partial charge in [0.15, 0.2) is 5.76 Å². The minimum absolute atomic E-state index is 0.470. The van der Waals surface area contributed by atoms with Gasteiger partial charge in [0.05, 0.1) is 19.9 Å². The number of quaternary nitrogens is 1. The van der Waals surface area contributed by atoms with Crippen molar-refractivity contribution in [2.24, 2.45) is 0 Å². The zero-order valence-corrected chi connectivity index (χ0v) is 15.9. The van der Waals surface area contributed by atoms with Crippen LogP contribution in [0.15, 0.2) is 77.4 Å². The summed E-state index contributed by atoms with van der Waals surface area (Å²) < 4.78 is 12.8. The van der Waals surface area contributed by atoms with E-state index in [1.54, 1.807) is 13.4 Å². The predicted molar refractivity (Wildman–Crippen MR) is 109 cm³/mol. The Balaban J connectivity index is 1.55. The number of aliphatic hydroxyl groups excluding tert-OH is 1. The summed E-state index contributed by atoms with van der Waals surface area (Å²) in [6, 6.07) is 22.3. The summed E-state index contributed by atoms with van der Waals surface area (Å²) in [6.45, 7) is 1.86. The third-order valence-corrected chi connectivity index (χ3v) is 4.95. The predicted octanol–water partition coefficient (Wildman–Crippen LogP) is 3.03. The topological polar surface area (TPSA) is 64.1 Å². The zero-order valence-electron chi connectivity index (χ0n) is 15.9. The molecule has 2 aromatic carbocycles. The van der Waals surface area contributed by atoms with E-state index in [4.69, 9.17) is 9.15 Å². The van der Waals surface area contributed by atoms with Gasteiger partial charge < -0.3 is 24.1 Å². The first-order valence-electron chi connectivity index (χ1n) is 9.49. The first-order valence-corrected chi connectivity index (χ1v) is 9.49. The lowest BCUT2D eigenvalue weighted by Crippen LogP contribution is -2.85. The maximum atomic E-state index is 10.7. The SMILES string of the molecule is COc1ccc(-c2cc3ccccc3n2C[C@H](O)C[NH2+]Cc2ccco2)cc1. The Bertz CT molecular complexity index is 1020. The number of benzene rings is 2.